The van der Waals surface area contributed by atoms with Crippen LogP contribution in [0.5, 0.6) is 0 Å². The monoisotopic (exact) mass is 347 g/mol. The Bertz CT molecular complexity index is 400. The van der Waals surface area contributed by atoms with Gasteiger partial charge in [-0.3, -0.25) is 9.59 Å². The molecule has 0 radical (unpaired) electrons. The number of likely N-dealkylation sites (tertiary alicyclic amines) is 1. The predicted octanol–water partition coefficient (Wildman–Crippen LogP) is 1.07. The Morgan fingerprint density at radius 3 is 2.65 bits per heavy atom. The highest BCUT2D eigenvalue weighted by atomic mass is 35.5. The van der Waals surface area contributed by atoms with Crippen molar-refractivity contribution in [3.63, 3.8) is 0 Å². The van der Waals surface area contributed by atoms with Crippen LogP contribution >= 0.6 is 12.4 Å². The van der Waals surface area contributed by atoms with E-state index in [9.17, 15) is 9.59 Å². The summed E-state index contributed by atoms with van der Waals surface area (Å²) in [6, 6.07) is 0.0754. The predicted molar refractivity (Wildman–Crippen MR) is 91.4 cm³/mol. The van der Waals surface area contributed by atoms with Crippen molar-refractivity contribution in [2.45, 2.75) is 51.5 Å². The number of nitrogens with one attached hydrogen (secondary N) is 1. The second-order valence-corrected chi connectivity index (χ2v) is 6.50. The van der Waals surface area contributed by atoms with Gasteiger partial charge < -0.3 is 20.7 Å². The first-order chi connectivity index (χ1) is 10.6. The lowest BCUT2D eigenvalue weighted by Gasteiger charge is -2.42. The Morgan fingerprint density at radius 2 is 2.04 bits per heavy atom. The van der Waals surface area contributed by atoms with Crippen molar-refractivity contribution in [3.05, 3.63) is 0 Å². The van der Waals surface area contributed by atoms with Crippen LogP contribution in [-0.4, -0.2) is 55.6 Å². The molecule has 23 heavy (non-hydrogen) atoms. The van der Waals surface area contributed by atoms with Gasteiger partial charge in [0, 0.05) is 45.3 Å². The molecule has 0 spiro atoms. The van der Waals surface area contributed by atoms with Gasteiger partial charge in [0.05, 0.1) is 5.41 Å². The lowest BCUT2D eigenvalue weighted by atomic mass is 9.78. The summed E-state index contributed by atoms with van der Waals surface area (Å²) in [7, 11) is 0. The molecule has 0 bridgehead atoms. The highest BCUT2D eigenvalue weighted by Crippen LogP contribution is 2.32. The zero-order valence-electron chi connectivity index (χ0n) is 14.0. The third kappa shape index (κ3) is 5.06. The molecule has 2 aliphatic rings. The van der Waals surface area contributed by atoms with Crippen LogP contribution in [0.15, 0.2) is 0 Å². The quantitative estimate of drug-likeness (QED) is 0.779. The molecule has 6 nitrogen and oxygen atoms in total. The van der Waals surface area contributed by atoms with Gasteiger partial charge in [-0.05, 0) is 32.1 Å². The summed E-state index contributed by atoms with van der Waals surface area (Å²) >= 11 is 0. The first-order valence-electron chi connectivity index (χ1n) is 8.48. The Labute approximate surface area is 144 Å². The van der Waals surface area contributed by atoms with Gasteiger partial charge in [-0.25, -0.2) is 0 Å². The van der Waals surface area contributed by atoms with E-state index in [-0.39, 0.29) is 30.3 Å². The van der Waals surface area contributed by atoms with E-state index in [1.807, 2.05) is 11.8 Å². The Hall–Kier alpha value is -0.850. The molecule has 2 heterocycles. The van der Waals surface area contributed by atoms with Gasteiger partial charge in [0.25, 0.3) is 0 Å². The van der Waals surface area contributed by atoms with Crippen molar-refractivity contribution < 1.29 is 14.3 Å². The number of rotatable bonds is 5. The number of carbonyl (C=O) groups is 2. The largest absolute Gasteiger partial charge is 0.381 e. The lowest BCUT2D eigenvalue weighted by Crippen LogP contribution is -2.56. The van der Waals surface area contributed by atoms with E-state index < -0.39 is 5.41 Å². The fourth-order valence-corrected chi connectivity index (χ4v) is 3.41. The molecule has 7 heteroatoms. The number of carbonyl (C=O) groups excluding carboxylic acids is 2. The summed E-state index contributed by atoms with van der Waals surface area (Å²) in [5.41, 5.74) is 5.46. The van der Waals surface area contributed by atoms with Gasteiger partial charge in [0.2, 0.25) is 11.8 Å². The van der Waals surface area contributed by atoms with Gasteiger partial charge in [0.1, 0.15) is 0 Å². The average molecular weight is 348 g/mol. The average Bonchev–Trinajstić information content (AvgIpc) is 2.55. The Kier molecular flexibility index (Phi) is 8.29. The summed E-state index contributed by atoms with van der Waals surface area (Å²) in [6.07, 6.45) is 4.67. The maximum absolute atomic E-state index is 12.9. The van der Waals surface area contributed by atoms with Crippen LogP contribution in [0.1, 0.15) is 45.4 Å². The maximum atomic E-state index is 12.9. The van der Waals surface area contributed by atoms with E-state index in [1.165, 1.54) is 0 Å². The summed E-state index contributed by atoms with van der Waals surface area (Å²) in [6.45, 7) is 4.95. The number of halogens is 1. The normalized spacial score (nSPS) is 23.7. The number of nitrogens with zero attached hydrogens (tertiary/aromatic N) is 1. The van der Waals surface area contributed by atoms with Crippen LogP contribution < -0.4 is 11.1 Å². The third-order valence-corrected chi connectivity index (χ3v) is 4.85. The lowest BCUT2D eigenvalue weighted by molar-refractivity contribution is -0.149. The zero-order valence-corrected chi connectivity index (χ0v) is 14.8. The Balaban J connectivity index is 0.00000264. The molecule has 0 saturated carbocycles. The van der Waals surface area contributed by atoms with Crippen molar-refractivity contribution in [1.29, 1.82) is 0 Å². The molecule has 0 aromatic heterocycles. The second kappa shape index (κ2) is 9.45. The Morgan fingerprint density at radius 1 is 1.35 bits per heavy atom. The van der Waals surface area contributed by atoms with Gasteiger partial charge in [-0.2, -0.15) is 0 Å². The van der Waals surface area contributed by atoms with Crippen molar-refractivity contribution >= 4 is 24.2 Å². The van der Waals surface area contributed by atoms with Crippen LogP contribution in [-0.2, 0) is 14.3 Å². The van der Waals surface area contributed by atoms with Crippen LogP contribution in [0.25, 0.3) is 0 Å². The van der Waals surface area contributed by atoms with Gasteiger partial charge in [-0.15, -0.1) is 12.4 Å². The number of ether oxygens (including phenoxy) is 1. The highest BCUT2D eigenvalue weighted by Gasteiger charge is 2.42. The number of hydrogen-bond donors (Lipinski definition) is 2. The molecule has 2 amide bonds. The van der Waals surface area contributed by atoms with Gasteiger partial charge >= 0.3 is 0 Å². The smallest absolute Gasteiger partial charge is 0.230 e. The molecule has 134 valence electrons. The van der Waals surface area contributed by atoms with E-state index in [0.717, 1.165) is 25.8 Å². The molecular formula is C16H30ClN3O3. The molecule has 0 aromatic rings. The second-order valence-electron chi connectivity index (χ2n) is 6.50. The minimum atomic E-state index is -0.465. The van der Waals surface area contributed by atoms with E-state index in [2.05, 4.69) is 5.32 Å². The minimum Gasteiger partial charge on any atom is -0.381 e. The van der Waals surface area contributed by atoms with Crippen LogP contribution in [0.4, 0.5) is 0 Å². The molecule has 2 fully saturated rings. The summed E-state index contributed by atoms with van der Waals surface area (Å²) in [5.74, 6) is 0.231. The molecule has 0 aliphatic carbocycles. The molecule has 1 atom stereocenters. The molecular weight excluding hydrogens is 318 g/mol. The number of nitrogens with two attached hydrogens (primary N) is 1. The van der Waals surface area contributed by atoms with E-state index in [1.54, 1.807) is 0 Å². The highest BCUT2D eigenvalue weighted by molar-refractivity contribution is 5.85. The summed E-state index contributed by atoms with van der Waals surface area (Å²) in [5, 5.41) is 3.05. The van der Waals surface area contributed by atoms with Gasteiger partial charge in [0.15, 0.2) is 0 Å². The zero-order chi connectivity index (χ0) is 16.0. The molecule has 2 aliphatic heterocycles. The van der Waals surface area contributed by atoms with Crippen LogP contribution in [0.2, 0.25) is 0 Å². The van der Waals surface area contributed by atoms with E-state index in [0.29, 0.717) is 45.6 Å². The minimum absolute atomic E-state index is 0. The SMILES string of the molecule is CCCC(=O)NC1CCCN(C(=O)C2(CN)CCOCC2)C1.Cl. The van der Waals surface area contributed by atoms with Crippen LogP contribution in [0, 0.1) is 5.41 Å². The topological polar surface area (TPSA) is 84.7 Å². The van der Waals surface area contributed by atoms with E-state index >= 15 is 0 Å². The molecule has 2 saturated heterocycles. The number of hydrogen-bond acceptors (Lipinski definition) is 4. The molecule has 1 unspecified atom stereocenters. The van der Waals surface area contributed by atoms with E-state index in [4.69, 9.17) is 10.5 Å². The van der Waals surface area contributed by atoms with Crippen molar-refractivity contribution in [1.82, 2.24) is 10.2 Å². The van der Waals surface area contributed by atoms with Crippen molar-refractivity contribution in [2.24, 2.45) is 11.1 Å². The standard InChI is InChI=1S/C16H29N3O3.ClH/c1-2-4-14(20)18-13-5-3-8-19(11-13)15(21)16(12-17)6-9-22-10-7-16;/h13H,2-12,17H2,1H3,(H,18,20);1H. The van der Waals surface area contributed by atoms with Crippen LogP contribution in [0.3, 0.4) is 0 Å². The molecule has 2 rings (SSSR count). The van der Waals surface area contributed by atoms with Crippen molar-refractivity contribution in [2.75, 3.05) is 32.8 Å². The summed E-state index contributed by atoms with van der Waals surface area (Å²) in [4.78, 5) is 26.6. The maximum Gasteiger partial charge on any atom is 0.230 e. The summed E-state index contributed by atoms with van der Waals surface area (Å²) < 4.78 is 5.38. The van der Waals surface area contributed by atoms with Gasteiger partial charge in [-0.1, -0.05) is 6.92 Å². The first-order valence-corrected chi connectivity index (χ1v) is 8.48. The molecule has 3 N–H and O–H groups in total. The number of piperidine rings is 1. The third-order valence-electron chi connectivity index (χ3n) is 4.85. The number of amides is 2. The first kappa shape index (κ1) is 20.2. The van der Waals surface area contributed by atoms with Crippen molar-refractivity contribution in [3.8, 4) is 0 Å². The fourth-order valence-electron chi connectivity index (χ4n) is 3.41. The fraction of sp³-hybridized carbons (Fsp3) is 0.875. The molecule has 0 aromatic carbocycles.